The summed E-state index contributed by atoms with van der Waals surface area (Å²) in [5.41, 5.74) is 1.92. The van der Waals surface area contributed by atoms with Gasteiger partial charge in [0.25, 0.3) is 0 Å². The Morgan fingerprint density at radius 3 is 2.72 bits per heavy atom. The van der Waals surface area contributed by atoms with Gasteiger partial charge in [0.1, 0.15) is 5.82 Å². The Morgan fingerprint density at radius 2 is 1.94 bits per heavy atom. The van der Waals surface area contributed by atoms with Gasteiger partial charge < -0.3 is 10.2 Å². The van der Waals surface area contributed by atoms with E-state index in [0.717, 1.165) is 43.3 Å². The highest BCUT2D eigenvalue weighted by Gasteiger charge is 2.16. The van der Waals surface area contributed by atoms with Gasteiger partial charge in [-0.25, -0.2) is 4.98 Å². The molecule has 2 aromatic heterocycles. The van der Waals surface area contributed by atoms with Gasteiger partial charge in [-0.1, -0.05) is 0 Å². The zero-order chi connectivity index (χ0) is 12.2. The van der Waals surface area contributed by atoms with Gasteiger partial charge in [0.15, 0.2) is 0 Å². The van der Waals surface area contributed by atoms with Crippen LogP contribution in [0.5, 0.6) is 0 Å². The Morgan fingerprint density at radius 1 is 1.06 bits per heavy atom. The molecule has 1 fully saturated rings. The van der Waals surface area contributed by atoms with Gasteiger partial charge in [-0.3, -0.25) is 9.97 Å². The lowest BCUT2D eigenvalue weighted by Gasteiger charge is -2.29. The predicted octanol–water partition coefficient (Wildman–Crippen LogP) is 0.948. The summed E-state index contributed by atoms with van der Waals surface area (Å²) < 4.78 is 0. The lowest BCUT2D eigenvalue weighted by Crippen LogP contribution is -2.44. The number of rotatable bonds is 2. The van der Waals surface area contributed by atoms with E-state index in [9.17, 15) is 0 Å². The third kappa shape index (κ3) is 2.17. The second-order valence-corrected chi connectivity index (χ2v) is 4.20. The molecule has 5 heteroatoms. The summed E-state index contributed by atoms with van der Waals surface area (Å²) in [6.07, 6.45) is 7.01. The van der Waals surface area contributed by atoms with Crippen molar-refractivity contribution < 1.29 is 0 Å². The SMILES string of the molecule is c1cnc(N2CCNCC2)c(-c2cnccn2)c1. The molecule has 0 saturated carbocycles. The molecular weight excluding hydrogens is 226 g/mol. The monoisotopic (exact) mass is 241 g/mol. The predicted molar refractivity (Wildman–Crippen MR) is 70.3 cm³/mol. The molecule has 0 aliphatic carbocycles. The van der Waals surface area contributed by atoms with Gasteiger partial charge in [-0.2, -0.15) is 0 Å². The number of nitrogens with one attached hydrogen (secondary N) is 1. The smallest absolute Gasteiger partial charge is 0.138 e. The molecule has 0 spiro atoms. The van der Waals surface area contributed by atoms with Crippen molar-refractivity contribution in [2.24, 2.45) is 0 Å². The minimum atomic E-state index is 0.874. The highest BCUT2D eigenvalue weighted by molar-refractivity contribution is 5.72. The van der Waals surface area contributed by atoms with Crippen LogP contribution in [-0.4, -0.2) is 41.1 Å². The van der Waals surface area contributed by atoms with Crippen LogP contribution in [0.4, 0.5) is 5.82 Å². The van der Waals surface area contributed by atoms with Crippen molar-refractivity contribution in [3.63, 3.8) is 0 Å². The molecule has 0 radical (unpaired) electrons. The topological polar surface area (TPSA) is 53.9 Å². The van der Waals surface area contributed by atoms with Crippen molar-refractivity contribution in [3.8, 4) is 11.3 Å². The highest BCUT2D eigenvalue weighted by atomic mass is 15.2. The zero-order valence-electron chi connectivity index (χ0n) is 10.1. The van der Waals surface area contributed by atoms with Gasteiger partial charge in [0, 0.05) is 50.3 Å². The van der Waals surface area contributed by atoms with Gasteiger partial charge in [0.2, 0.25) is 0 Å². The lowest BCUT2D eigenvalue weighted by molar-refractivity contribution is 0.585. The number of pyridine rings is 1. The maximum Gasteiger partial charge on any atom is 0.138 e. The van der Waals surface area contributed by atoms with Crippen LogP contribution in [-0.2, 0) is 0 Å². The molecule has 3 heterocycles. The van der Waals surface area contributed by atoms with Gasteiger partial charge in [0.05, 0.1) is 11.9 Å². The largest absolute Gasteiger partial charge is 0.354 e. The van der Waals surface area contributed by atoms with Crippen LogP contribution in [0.3, 0.4) is 0 Å². The molecule has 18 heavy (non-hydrogen) atoms. The molecule has 0 atom stereocenters. The number of aromatic nitrogens is 3. The molecule has 2 aromatic rings. The van der Waals surface area contributed by atoms with E-state index in [-0.39, 0.29) is 0 Å². The molecule has 92 valence electrons. The molecule has 0 bridgehead atoms. The van der Waals surface area contributed by atoms with E-state index in [1.807, 2.05) is 18.3 Å². The summed E-state index contributed by atoms with van der Waals surface area (Å²) in [6, 6.07) is 3.99. The van der Waals surface area contributed by atoms with E-state index in [1.54, 1.807) is 18.6 Å². The highest BCUT2D eigenvalue weighted by Crippen LogP contribution is 2.26. The molecule has 5 nitrogen and oxygen atoms in total. The molecule has 1 aliphatic heterocycles. The Labute approximate surface area is 106 Å². The van der Waals surface area contributed by atoms with E-state index in [2.05, 4.69) is 25.2 Å². The molecule has 1 N–H and O–H groups in total. The number of piperazine rings is 1. The quantitative estimate of drug-likeness (QED) is 0.848. The van der Waals surface area contributed by atoms with E-state index in [4.69, 9.17) is 0 Å². The first-order valence-electron chi connectivity index (χ1n) is 6.12. The first-order valence-corrected chi connectivity index (χ1v) is 6.12. The van der Waals surface area contributed by atoms with E-state index < -0.39 is 0 Å². The number of nitrogens with zero attached hydrogens (tertiary/aromatic N) is 4. The van der Waals surface area contributed by atoms with Crippen molar-refractivity contribution in [3.05, 3.63) is 36.9 Å². The Bertz CT molecular complexity index is 508. The van der Waals surface area contributed by atoms with Crippen LogP contribution in [0.1, 0.15) is 0 Å². The molecule has 0 unspecified atom stereocenters. The summed E-state index contributed by atoms with van der Waals surface area (Å²) in [7, 11) is 0. The van der Waals surface area contributed by atoms with Crippen LogP contribution in [0, 0.1) is 0 Å². The van der Waals surface area contributed by atoms with Crippen LogP contribution in [0.15, 0.2) is 36.9 Å². The first kappa shape index (κ1) is 11.1. The molecule has 3 rings (SSSR count). The summed E-state index contributed by atoms with van der Waals surface area (Å²) in [5.74, 6) is 1.000. The van der Waals surface area contributed by atoms with Gasteiger partial charge in [-0.05, 0) is 12.1 Å². The maximum absolute atomic E-state index is 4.51. The molecule has 0 aromatic carbocycles. The molecule has 0 amide bonds. The average molecular weight is 241 g/mol. The van der Waals surface area contributed by atoms with Gasteiger partial charge in [-0.15, -0.1) is 0 Å². The van der Waals surface area contributed by atoms with E-state index >= 15 is 0 Å². The molecule has 1 saturated heterocycles. The Hall–Kier alpha value is -2.01. The number of hydrogen-bond donors (Lipinski definition) is 1. The van der Waals surface area contributed by atoms with Gasteiger partial charge >= 0.3 is 0 Å². The Balaban J connectivity index is 1.99. The number of hydrogen-bond acceptors (Lipinski definition) is 5. The second kappa shape index (κ2) is 5.10. The van der Waals surface area contributed by atoms with Crippen molar-refractivity contribution in [1.82, 2.24) is 20.3 Å². The minimum absolute atomic E-state index is 0.874. The third-order valence-electron chi connectivity index (χ3n) is 3.04. The number of anilines is 1. The fourth-order valence-electron chi connectivity index (χ4n) is 2.16. The van der Waals surface area contributed by atoms with Crippen LogP contribution < -0.4 is 10.2 Å². The van der Waals surface area contributed by atoms with Crippen molar-refractivity contribution in [2.75, 3.05) is 31.1 Å². The van der Waals surface area contributed by atoms with E-state index in [1.165, 1.54) is 0 Å². The summed E-state index contributed by atoms with van der Waals surface area (Å²) >= 11 is 0. The normalized spacial score (nSPS) is 15.7. The van der Waals surface area contributed by atoms with Crippen molar-refractivity contribution in [1.29, 1.82) is 0 Å². The minimum Gasteiger partial charge on any atom is -0.354 e. The summed E-state index contributed by atoms with van der Waals surface area (Å²) in [5, 5.41) is 3.35. The van der Waals surface area contributed by atoms with Crippen molar-refractivity contribution >= 4 is 5.82 Å². The second-order valence-electron chi connectivity index (χ2n) is 4.20. The van der Waals surface area contributed by atoms with Crippen LogP contribution in [0.2, 0.25) is 0 Å². The zero-order valence-corrected chi connectivity index (χ0v) is 10.1. The third-order valence-corrected chi connectivity index (χ3v) is 3.04. The molecular formula is C13H15N5. The fraction of sp³-hybridized carbons (Fsp3) is 0.308. The summed E-state index contributed by atoms with van der Waals surface area (Å²) in [6.45, 7) is 3.95. The Kier molecular flexibility index (Phi) is 3.14. The van der Waals surface area contributed by atoms with Crippen LogP contribution >= 0.6 is 0 Å². The van der Waals surface area contributed by atoms with Crippen LogP contribution in [0.25, 0.3) is 11.3 Å². The summed E-state index contributed by atoms with van der Waals surface area (Å²) in [4.78, 5) is 15.3. The standard InChI is InChI=1S/C13H15N5/c1-2-11(12-10-15-4-5-16-12)13(17-3-1)18-8-6-14-7-9-18/h1-5,10,14H,6-9H2. The first-order chi connectivity index (χ1) is 8.95. The lowest BCUT2D eigenvalue weighted by atomic mass is 10.1. The van der Waals surface area contributed by atoms with Crippen molar-refractivity contribution in [2.45, 2.75) is 0 Å². The molecule has 1 aliphatic rings. The van der Waals surface area contributed by atoms with E-state index in [0.29, 0.717) is 0 Å². The fourth-order valence-corrected chi connectivity index (χ4v) is 2.16. The maximum atomic E-state index is 4.51. The average Bonchev–Trinajstić information content (AvgIpc) is 2.49.